The Morgan fingerprint density at radius 3 is 2.11 bits per heavy atom. The Morgan fingerprint density at radius 2 is 1.68 bits per heavy atom. The molecule has 0 aliphatic carbocycles. The van der Waals surface area contributed by atoms with Gasteiger partial charge < -0.3 is 15.1 Å². The number of hydrogen-bond acceptors (Lipinski definition) is 3. The number of rotatable bonds is 7. The quantitative estimate of drug-likeness (QED) is 0.736. The number of benzene rings is 1. The monoisotopic (exact) mass is 261 g/mol. The molecule has 0 saturated carbocycles. The van der Waals surface area contributed by atoms with Crippen molar-refractivity contribution in [3.63, 3.8) is 0 Å². The summed E-state index contributed by atoms with van der Waals surface area (Å²) in [5.41, 5.74) is -0.117. The SMILES string of the molecule is C=CCN(CC=C)c1cccc(C(=O)O)c1C(=O)O. The number of carboxylic acid groups (broad SMARTS) is 2. The first-order valence-electron chi connectivity index (χ1n) is 5.59. The van der Waals surface area contributed by atoms with Crippen LogP contribution in [0.3, 0.4) is 0 Å². The molecule has 5 nitrogen and oxygen atoms in total. The Labute approximate surface area is 111 Å². The summed E-state index contributed by atoms with van der Waals surface area (Å²) in [6, 6.07) is 4.36. The number of anilines is 1. The number of nitrogens with zero attached hydrogens (tertiary/aromatic N) is 1. The van der Waals surface area contributed by atoms with Gasteiger partial charge >= 0.3 is 11.9 Å². The summed E-state index contributed by atoms with van der Waals surface area (Å²) in [7, 11) is 0. The molecule has 2 N–H and O–H groups in total. The van der Waals surface area contributed by atoms with E-state index in [0.29, 0.717) is 18.8 Å². The summed E-state index contributed by atoms with van der Waals surface area (Å²) in [6.45, 7) is 8.00. The van der Waals surface area contributed by atoms with Crippen LogP contribution in [0.2, 0.25) is 0 Å². The number of hydrogen-bond donors (Lipinski definition) is 2. The van der Waals surface area contributed by atoms with E-state index >= 15 is 0 Å². The first kappa shape index (κ1) is 14.5. The van der Waals surface area contributed by atoms with Crippen molar-refractivity contribution in [3.05, 3.63) is 54.6 Å². The third kappa shape index (κ3) is 3.22. The van der Waals surface area contributed by atoms with Crippen molar-refractivity contribution in [2.45, 2.75) is 0 Å². The molecule has 19 heavy (non-hydrogen) atoms. The van der Waals surface area contributed by atoms with Crippen molar-refractivity contribution >= 4 is 17.6 Å². The van der Waals surface area contributed by atoms with E-state index in [2.05, 4.69) is 13.2 Å². The number of carbonyl (C=O) groups is 2. The molecule has 0 heterocycles. The maximum atomic E-state index is 11.3. The Balaban J connectivity index is 3.43. The molecule has 1 aromatic carbocycles. The minimum Gasteiger partial charge on any atom is -0.478 e. The first-order chi connectivity index (χ1) is 9.02. The highest BCUT2D eigenvalue weighted by atomic mass is 16.4. The lowest BCUT2D eigenvalue weighted by Crippen LogP contribution is -2.26. The maximum Gasteiger partial charge on any atom is 0.338 e. The molecule has 0 aliphatic heterocycles. The molecular weight excluding hydrogens is 246 g/mol. The van der Waals surface area contributed by atoms with E-state index in [0.717, 1.165) is 0 Å². The Morgan fingerprint density at radius 1 is 1.11 bits per heavy atom. The van der Waals surface area contributed by atoms with Crippen LogP contribution < -0.4 is 4.90 Å². The highest BCUT2D eigenvalue weighted by Crippen LogP contribution is 2.24. The van der Waals surface area contributed by atoms with E-state index in [9.17, 15) is 14.7 Å². The fourth-order valence-corrected chi connectivity index (χ4v) is 1.79. The van der Waals surface area contributed by atoms with Gasteiger partial charge in [0.05, 0.1) is 16.8 Å². The molecular formula is C14H15NO4. The zero-order valence-electron chi connectivity index (χ0n) is 10.4. The van der Waals surface area contributed by atoms with Crippen molar-refractivity contribution in [2.75, 3.05) is 18.0 Å². The standard InChI is InChI=1S/C14H15NO4/c1-3-8-15(9-4-2)11-7-5-6-10(13(16)17)12(11)14(18)19/h3-7H,1-2,8-9H2,(H,16,17)(H,18,19). The van der Waals surface area contributed by atoms with E-state index < -0.39 is 11.9 Å². The van der Waals surface area contributed by atoms with E-state index in [1.54, 1.807) is 23.1 Å². The largest absolute Gasteiger partial charge is 0.478 e. The molecule has 0 aromatic heterocycles. The predicted molar refractivity (Wildman–Crippen MR) is 73.0 cm³/mol. The topological polar surface area (TPSA) is 77.8 Å². The van der Waals surface area contributed by atoms with Gasteiger partial charge in [0.1, 0.15) is 0 Å². The summed E-state index contributed by atoms with van der Waals surface area (Å²) < 4.78 is 0. The van der Waals surface area contributed by atoms with Crippen LogP contribution in [0.15, 0.2) is 43.5 Å². The summed E-state index contributed by atoms with van der Waals surface area (Å²) in [5, 5.41) is 18.3. The molecule has 0 spiro atoms. The van der Waals surface area contributed by atoms with Gasteiger partial charge in [-0.05, 0) is 12.1 Å². The zero-order valence-corrected chi connectivity index (χ0v) is 10.4. The van der Waals surface area contributed by atoms with E-state index in [1.807, 2.05) is 0 Å². The zero-order chi connectivity index (χ0) is 14.4. The van der Waals surface area contributed by atoms with Gasteiger partial charge in [0.2, 0.25) is 0 Å². The highest BCUT2D eigenvalue weighted by Gasteiger charge is 2.22. The van der Waals surface area contributed by atoms with Crippen LogP contribution in [-0.4, -0.2) is 35.2 Å². The fraction of sp³-hybridized carbons (Fsp3) is 0.143. The summed E-state index contributed by atoms with van der Waals surface area (Å²) >= 11 is 0. The molecule has 0 radical (unpaired) electrons. The lowest BCUT2D eigenvalue weighted by Gasteiger charge is -2.24. The first-order valence-corrected chi connectivity index (χ1v) is 5.59. The van der Waals surface area contributed by atoms with Gasteiger partial charge in [-0.2, -0.15) is 0 Å². The second kappa shape index (κ2) is 6.39. The lowest BCUT2D eigenvalue weighted by atomic mass is 10.0. The number of aromatic carboxylic acids is 2. The van der Waals surface area contributed by atoms with Gasteiger partial charge in [-0.1, -0.05) is 18.2 Å². The van der Waals surface area contributed by atoms with Crippen LogP contribution in [0, 0.1) is 0 Å². The van der Waals surface area contributed by atoms with Gasteiger partial charge in [-0.25, -0.2) is 9.59 Å². The van der Waals surface area contributed by atoms with Crippen molar-refractivity contribution in [3.8, 4) is 0 Å². The third-order valence-electron chi connectivity index (χ3n) is 2.53. The normalized spacial score (nSPS) is 9.68. The second-order valence-corrected chi connectivity index (χ2v) is 3.79. The second-order valence-electron chi connectivity index (χ2n) is 3.79. The van der Waals surface area contributed by atoms with Gasteiger partial charge in [0.25, 0.3) is 0 Å². The molecule has 0 unspecified atom stereocenters. The minimum absolute atomic E-state index is 0.223. The molecule has 1 aromatic rings. The van der Waals surface area contributed by atoms with Gasteiger partial charge in [0, 0.05) is 13.1 Å². The molecule has 0 atom stereocenters. The molecule has 0 aliphatic rings. The van der Waals surface area contributed by atoms with E-state index in [1.165, 1.54) is 12.1 Å². The molecule has 1 rings (SSSR count). The lowest BCUT2D eigenvalue weighted by molar-refractivity contribution is 0.0652. The predicted octanol–water partition coefficient (Wildman–Crippen LogP) is 2.26. The van der Waals surface area contributed by atoms with Crippen molar-refractivity contribution in [1.29, 1.82) is 0 Å². The molecule has 0 saturated heterocycles. The van der Waals surface area contributed by atoms with Crippen molar-refractivity contribution in [2.24, 2.45) is 0 Å². The van der Waals surface area contributed by atoms with Crippen LogP contribution in [0.1, 0.15) is 20.7 Å². The van der Waals surface area contributed by atoms with Gasteiger partial charge in [0.15, 0.2) is 0 Å². The van der Waals surface area contributed by atoms with Crippen LogP contribution in [0.4, 0.5) is 5.69 Å². The smallest absolute Gasteiger partial charge is 0.338 e. The highest BCUT2D eigenvalue weighted by molar-refractivity contribution is 6.06. The summed E-state index contributed by atoms with van der Waals surface area (Å²) in [4.78, 5) is 24.1. The Kier molecular flexibility index (Phi) is 4.88. The van der Waals surface area contributed by atoms with E-state index in [4.69, 9.17) is 5.11 Å². The van der Waals surface area contributed by atoms with Crippen LogP contribution in [0.25, 0.3) is 0 Å². The average molecular weight is 261 g/mol. The van der Waals surface area contributed by atoms with Gasteiger partial charge in [-0.3, -0.25) is 0 Å². The van der Waals surface area contributed by atoms with Gasteiger partial charge in [-0.15, -0.1) is 13.2 Å². The number of carboxylic acids is 2. The van der Waals surface area contributed by atoms with Crippen molar-refractivity contribution in [1.82, 2.24) is 0 Å². The Bertz CT molecular complexity index is 512. The van der Waals surface area contributed by atoms with Crippen LogP contribution in [-0.2, 0) is 0 Å². The molecule has 100 valence electrons. The van der Waals surface area contributed by atoms with Crippen LogP contribution in [0.5, 0.6) is 0 Å². The summed E-state index contributed by atoms with van der Waals surface area (Å²) in [6.07, 6.45) is 3.23. The fourth-order valence-electron chi connectivity index (χ4n) is 1.79. The maximum absolute atomic E-state index is 11.3. The molecule has 5 heteroatoms. The Hall–Kier alpha value is -2.56. The molecule has 0 fully saturated rings. The molecule has 0 bridgehead atoms. The average Bonchev–Trinajstić information content (AvgIpc) is 2.37. The van der Waals surface area contributed by atoms with Crippen LogP contribution >= 0.6 is 0 Å². The van der Waals surface area contributed by atoms with Crippen molar-refractivity contribution < 1.29 is 19.8 Å². The van der Waals surface area contributed by atoms with E-state index in [-0.39, 0.29) is 11.1 Å². The third-order valence-corrected chi connectivity index (χ3v) is 2.53. The minimum atomic E-state index is -1.27. The molecule has 0 amide bonds. The summed E-state index contributed by atoms with van der Waals surface area (Å²) in [5.74, 6) is -2.54.